The molecule has 0 radical (unpaired) electrons. The van der Waals surface area contributed by atoms with Crippen molar-refractivity contribution >= 4 is 17.8 Å². The standard InChI is InChI=1S/C21H24N4O4/c22-21(28)25-12-4-5-17(13-25)20(27)24-23-19(26)16-10-8-15(9-11-16)14-29-18-6-2-1-3-7-18/h1-3,6-11,17H,4-5,12-14H2,(H2,22,28)(H,23,26)(H,24,27)/t17-/m1/s1. The maximum absolute atomic E-state index is 12.3. The highest BCUT2D eigenvalue weighted by molar-refractivity contribution is 5.95. The number of nitrogens with zero attached hydrogens (tertiary/aromatic N) is 1. The Morgan fingerprint density at radius 2 is 1.76 bits per heavy atom. The van der Waals surface area contributed by atoms with Crippen LogP contribution in [0, 0.1) is 5.92 Å². The van der Waals surface area contributed by atoms with E-state index in [1.807, 2.05) is 30.3 Å². The fraction of sp³-hybridized carbons (Fsp3) is 0.286. The lowest BCUT2D eigenvalue weighted by atomic mass is 9.98. The number of rotatable bonds is 5. The normalized spacial score (nSPS) is 16.0. The van der Waals surface area contributed by atoms with Crippen LogP contribution in [0.15, 0.2) is 54.6 Å². The average molecular weight is 396 g/mol. The first-order chi connectivity index (χ1) is 14.0. The summed E-state index contributed by atoms with van der Waals surface area (Å²) in [7, 11) is 0. The zero-order valence-electron chi connectivity index (χ0n) is 16.0. The lowest BCUT2D eigenvalue weighted by Gasteiger charge is -2.30. The van der Waals surface area contributed by atoms with Crippen molar-refractivity contribution in [2.75, 3.05) is 13.1 Å². The number of benzene rings is 2. The molecule has 2 aromatic carbocycles. The van der Waals surface area contributed by atoms with Crippen LogP contribution in [0.5, 0.6) is 5.75 Å². The van der Waals surface area contributed by atoms with Crippen LogP contribution in [0.25, 0.3) is 0 Å². The second-order valence-corrected chi connectivity index (χ2v) is 6.87. The number of primary amides is 1. The Hall–Kier alpha value is -3.55. The van der Waals surface area contributed by atoms with E-state index in [4.69, 9.17) is 10.5 Å². The van der Waals surface area contributed by atoms with Gasteiger partial charge in [0.1, 0.15) is 12.4 Å². The summed E-state index contributed by atoms with van der Waals surface area (Å²) in [6.07, 6.45) is 1.34. The van der Waals surface area contributed by atoms with Crippen molar-refractivity contribution in [1.29, 1.82) is 0 Å². The number of hydrogen-bond acceptors (Lipinski definition) is 4. The van der Waals surface area contributed by atoms with E-state index < -0.39 is 17.9 Å². The third-order valence-electron chi connectivity index (χ3n) is 4.77. The van der Waals surface area contributed by atoms with Gasteiger partial charge in [-0.25, -0.2) is 4.79 Å². The molecule has 1 heterocycles. The van der Waals surface area contributed by atoms with Crippen molar-refractivity contribution in [3.05, 3.63) is 65.7 Å². The molecule has 8 nitrogen and oxygen atoms in total. The highest BCUT2D eigenvalue weighted by atomic mass is 16.5. The molecular weight excluding hydrogens is 372 g/mol. The smallest absolute Gasteiger partial charge is 0.314 e. The number of piperidine rings is 1. The largest absolute Gasteiger partial charge is 0.489 e. The average Bonchev–Trinajstić information content (AvgIpc) is 2.77. The van der Waals surface area contributed by atoms with Gasteiger partial charge in [-0.1, -0.05) is 30.3 Å². The van der Waals surface area contributed by atoms with Gasteiger partial charge in [0, 0.05) is 18.7 Å². The maximum Gasteiger partial charge on any atom is 0.314 e. The molecule has 0 bridgehead atoms. The maximum atomic E-state index is 12.3. The summed E-state index contributed by atoms with van der Waals surface area (Å²) in [6, 6.07) is 15.9. The number of likely N-dealkylation sites (tertiary alicyclic amines) is 1. The summed E-state index contributed by atoms with van der Waals surface area (Å²) in [6.45, 7) is 1.19. The lowest BCUT2D eigenvalue weighted by Crippen LogP contribution is -2.50. The van der Waals surface area contributed by atoms with E-state index in [0.717, 1.165) is 11.3 Å². The van der Waals surface area contributed by atoms with E-state index in [-0.39, 0.29) is 12.5 Å². The fourth-order valence-corrected chi connectivity index (χ4v) is 3.12. The number of ether oxygens (including phenoxy) is 1. The molecule has 0 spiro atoms. The number of carbonyl (C=O) groups is 3. The summed E-state index contributed by atoms with van der Waals surface area (Å²) < 4.78 is 5.67. The monoisotopic (exact) mass is 396 g/mol. The Kier molecular flexibility index (Phi) is 6.67. The van der Waals surface area contributed by atoms with Crippen molar-refractivity contribution in [3.63, 3.8) is 0 Å². The van der Waals surface area contributed by atoms with Crippen molar-refractivity contribution < 1.29 is 19.1 Å². The Labute approximate surface area is 169 Å². The van der Waals surface area contributed by atoms with Gasteiger partial charge in [0.15, 0.2) is 0 Å². The summed E-state index contributed by atoms with van der Waals surface area (Å²) in [5.41, 5.74) is 11.4. The quantitative estimate of drug-likeness (QED) is 0.669. The van der Waals surface area contributed by atoms with Crippen LogP contribution >= 0.6 is 0 Å². The van der Waals surface area contributed by atoms with Gasteiger partial charge in [-0.15, -0.1) is 0 Å². The Bertz CT molecular complexity index is 855. The molecule has 1 atom stereocenters. The molecule has 0 aromatic heterocycles. The van der Waals surface area contributed by atoms with E-state index in [1.54, 1.807) is 24.3 Å². The molecule has 0 saturated carbocycles. The number of nitrogens with one attached hydrogen (secondary N) is 2. The van der Waals surface area contributed by atoms with Crippen LogP contribution in [0.3, 0.4) is 0 Å². The number of carbonyl (C=O) groups excluding carboxylic acids is 3. The first kappa shape index (κ1) is 20.2. The van der Waals surface area contributed by atoms with Crippen LogP contribution in [0.2, 0.25) is 0 Å². The van der Waals surface area contributed by atoms with E-state index in [0.29, 0.717) is 31.6 Å². The minimum atomic E-state index is -0.539. The number of urea groups is 1. The second kappa shape index (κ2) is 9.59. The predicted molar refractivity (Wildman–Crippen MR) is 107 cm³/mol. The van der Waals surface area contributed by atoms with Crippen molar-refractivity contribution in [3.8, 4) is 5.75 Å². The minimum absolute atomic E-state index is 0.257. The van der Waals surface area contributed by atoms with Gasteiger partial charge in [0.05, 0.1) is 5.92 Å². The number of para-hydroxylation sites is 1. The molecule has 3 rings (SSSR count). The van der Waals surface area contributed by atoms with E-state index in [2.05, 4.69) is 10.9 Å². The molecule has 152 valence electrons. The first-order valence-electron chi connectivity index (χ1n) is 9.44. The van der Waals surface area contributed by atoms with Gasteiger partial charge in [-0.05, 0) is 42.7 Å². The number of amides is 4. The Morgan fingerprint density at radius 1 is 1.03 bits per heavy atom. The van der Waals surface area contributed by atoms with Gasteiger partial charge in [0.25, 0.3) is 5.91 Å². The first-order valence-corrected chi connectivity index (χ1v) is 9.44. The molecule has 1 aliphatic heterocycles. The van der Waals surface area contributed by atoms with E-state index in [9.17, 15) is 14.4 Å². The molecule has 8 heteroatoms. The highest BCUT2D eigenvalue weighted by Gasteiger charge is 2.27. The van der Waals surface area contributed by atoms with Crippen molar-refractivity contribution in [2.45, 2.75) is 19.4 Å². The van der Waals surface area contributed by atoms with Crippen LogP contribution in [0.1, 0.15) is 28.8 Å². The Balaban J connectivity index is 1.46. The zero-order valence-corrected chi connectivity index (χ0v) is 16.0. The van der Waals surface area contributed by atoms with E-state index >= 15 is 0 Å². The van der Waals surface area contributed by atoms with Crippen molar-refractivity contribution in [2.24, 2.45) is 11.7 Å². The van der Waals surface area contributed by atoms with Gasteiger partial charge < -0.3 is 15.4 Å². The predicted octanol–water partition coefficient (Wildman–Crippen LogP) is 1.82. The number of hydrazine groups is 1. The van der Waals surface area contributed by atoms with Crippen LogP contribution in [-0.2, 0) is 11.4 Å². The highest BCUT2D eigenvalue weighted by Crippen LogP contribution is 2.16. The molecule has 2 aromatic rings. The minimum Gasteiger partial charge on any atom is -0.489 e. The molecule has 4 amide bonds. The summed E-state index contributed by atoms with van der Waals surface area (Å²) >= 11 is 0. The fourth-order valence-electron chi connectivity index (χ4n) is 3.12. The topological polar surface area (TPSA) is 114 Å². The molecule has 4 N–H and O–H groups in total. The Morgan fingerprint density at radius 3 is 2.45 bits per heavy atom. The third-order valence-corrected chi connectivity index (χ3v) is 4.77. The lowest BCUT2D eigenvalue weighted by molar-refractivity contribution is -0.127. The summed E-state index contributed by atoms with van der Waals surface area (Å²) in [5, 5.41) is 0. The van der Waals surface area contributed by atoms with Crippen LogP contribution < -0.4 is 21.3 Å². The van der Waals surface area contributed by atoms with Gasteiger partial charge in [0.2, 0.25) is 5.91 Å². The molecule has 0 unspecified atom stereocenters. The van der Waals surface area contributed by atoms with Gasteiger partial charge in [-0.2, -0.15) is 0 Å². The molecule has 29 heavy (non-hydrogen) atoms. The van der Waals surface area contributed by atoms with Crippen molar-refractivity contribution in [1.82, 2.24) is 15.8 Å². The molecule has 1 aliphatic rings. The molecule has 1 saturated heterocycles. The van der Waals surface area contributed by atoms with Gasteiger partial charge in [-0.3, -0.25) is 20.4 Å². The molecule has 1 fully saturated rings. The third kappa shape index (κ3) is 5.71. The zero-order chi connectivity index (χ0) is 20.6. The number of hydrogen-bond donors (Lipinski definition) is 3. The molecule has 0 aliphatic carbocycles. The second-order valence-electron chi connectivity index (χ2n) is 6.87. The van der Waals surface area contributed by atoms with E-state index in [1.165, 1.54) is 4.90 Å². The molecular formula is C21H24N4O4. The summed E-state index contributed by atoms with van der Waals surface area (Å²) in [5.74, 6) is -0.377. The van der Waals surface area contributed by atoms with Crippen LogP contribution in [0.4, 0.5) is 4.79 Å². The van der Waals surface area contributed by atoms with Gasteiger partial charge >= 0.3 is 6.03 Å². The summed E-state index contributed by atoms with van der Waals surface area (Å²) in [4.78, 5) is 37.2. The SMILES string of the molecule is NC(=O)N1CCC[C@@H](C(=O)NNC(=O)c2ccc(COc3ccccc3)cc2)C1. The number of nitrogens with two attached hydrogens (primary N) is 1. The van der Waals surface area contributed by atoms with Crippen LogP contribution in [-0.4, -0.2) is 35.8 Å².